The van der Waals surface area contributed by atoms with Gasteiger partial charge in [0.15, 0.2) is 0 Å². The summed E-state index contributed by atoms with van der Waals surface area (Å²) in [5.74, 6) is 0.411. The Bertz CT molecular complexity index is 825. The van der Waals surface area contributed by atoms with Crippen molar-refractivity contribution in [1.29, 1.82) is 0 Å². The second-order valence-corrected chi connectivity index (χ2v) is 8.77. The van der Waals surface area contributed by atoms with E-state index < -0.39 is 0 Å². The molecule has 1 saturated heterocycles. The van der Waals surface area contributed by atoms with Gasteiger partial charge in [-0.15, -0.1) is 0 Å². The molecule has 0 spiro atoms. The number of piperidine rings is 1. The summed E-state index contributed by atoms with van der Waals surface area (Å²) >= 11 is 0. The maximum absolute atomic E-state index is 12.8. The molecule has 1 aliphatic heterocycles. The number of fused-ring (bicyclic) bond motifs is 2. The van der Waals surface area contributed by atoms with Gasteiger partial charge < -0.3 is 14.2 Å². The van der Waals surface area contributed by atoms with E-state index in [9.17, 15) is 4.79 Å². The van der Waals surface area contributed by atoms with Crippen molar-refractivity contribution in [1.82, 2.24) is 4.98 Å². The van der Waals surface area contributed by atoms with E-state index >= 15 is 0 Å². The Morgan fingerprint density at radius 1 is 1.38 bits per heavy atom. The number of benzene rings is 1. The lowest BCUT2D eigenvalue weighted by Gasteiger charge is -2.52. The fourth-order valence-electron chi connectivity index (χ4n) is 5.56. The zero-order valence-corrected chi connectivity index (χ0v) is 16.4. The van der Waals surface area contributed by atoms with E-state index in [1.165, 1.54) is 22.0 Å². The predicted octanol–water partition coefficient (Wildman–Crippen LogP) is 4.00. The first-order valence-electron chi connectivity index (χ1n) is 10.1. The van der Waals surface area contributed by atoms with Crippen molar-refractivity contribution >= 4 is 16.9 Å². The molecule has 4 atom stereocenters. The maximum Gasteiger partial charge on any atom is 0.314 e. The third kappa shape index (κ3) is 2.75. The molecule has 1 fully saturated rings. The molecule has 0 amide bonds. The predicted molar refractivity (Wildman–Crippen MR) is 104 cm³/mol. The van der Waals surface area contributed by atoms with Crippen LogP contribution in [0.3, 0.4) is 0 Å². The van der Waals surface area contributed by atoms with Crippen LogP contribution < -0.4 is 0 Å². The van der Waals surface area contributed by atoms with Gasteiger partial charge in [0.2, 0.25) is 0 Å². The van der Waals surface area contributed by atoms with Gasteiger partial charge in [-0.05, 0) is 43.9 Å². The van der Waals surface area contributed by atoms with E-state index in [4.69, 9.17) is 4.74 Å². The Balaban J connectivity index is 1.76. The first-order chi connectivity index (χ1) is 12.4. The van der Waals surface area contributed by atoms with E-state index in [1.807, 2.05) is 13.8 Å². The Kier molecular flexibility index (Phi) is 4.34. The summed E-state index contributed by atoms with van der Waals surface area (Å²) in [7, 11) is 2.35. The van der Waals surface area contributed by atoms with Gasteiger partial charge in [0.05, 0.1) is 32.3 Å². The number of nitrogens with zero attached hydrogens (tertiary/aromatic N) is 1. The van der Waals surface area contributed by atoms with Gasteiger partial charge in [-0.1, -0.05) is 19.1 Å². The molecule has 0 bridgehead atoms. The fraction of sp³-hybridized carbons (Fsp3) is 0.591. The fourth-order valence-corrected chi connectivity index (χ4v) is 5.56. The number of aromatic amines is 1. The van der Waals surface area contributed by atoms with Crippen LogP contribution in [0.5, 0.6) is 0 Å². The number of ether oxygens (including phenoxy) is 1. The first-order valence-corrected chi connectivity index (χ1v) is 10.1. The summed E-state index contributed by atoms with van der Waals surface area (Å²) in [5, 5.41) is 1.40. The molecule has 4 heteroatoms. The lowest BCUT2D eigenvalue weighted by Crippen LogP contribution is -2.63. The number of esters is 1. The summed E-state index contributed by atoms with van der Waals surface area (Å²) in [4.78, 5) is 16.2. The number of hydrogen-bond donors (Lipinski definition) is 1. The first kappa shape index (κ1) is 17.6. The lowest BCUT2D eigenvalue weighted by molar-refractivity contribution is -0.942. The van der Waals surface area contributed by atoms with Crippen LogP contribution in [0.4, 0.5) is 0 Å². The van der Waals surface area contributed by atoms with Gasteiger partial charge in [-0.25, -0.2) is 0 Å². The van der Waals surface area contributed by atoms with E-state index in [-0.39, 0.29) is 18.0 Å². The smallest absolute Gasteiger partial charge is 0.314 e. The normalized spacial score (nSPS) is 30.4. The molecule has 1 N–H and O–H groups in total. The largest absolute Gasteiger partial charge is 0.463 e. The van der Waals surface area contributed by atoms with Crippen molar-refractivity contribution in [3.8, 4) is 0 Å². The van der Waals surface area contributed by atoms with E-state index in [2.05, 4.69) is 43.4 Å². The van der Waals surface area contributed by atoms with Crippen LogP contribution in [-0.4, -0.2) is 47.7 Å². The lowest BCUT2D eigenvalue weighted by atomic mass is 9.71. The molecule has 1 aromatic heterocycles. The average molecular weight is 356 g/mol. The highest BCUT2D eigenvalue weighted by atomic mass is 16.5. The highest BCUT2D eigenvalue weighted by Gasteiger charge is 2.50. The molecule has 2 heterocycles. The van der Waals surface area contributed by atoms with Crippen molar-refractivity contribution in [3.63, 3.8) is 0 Å². The van der Waals surface area contributed by atoms with Gasteiger partial charge in [0.1, 0.15) is 5.92 Å². The van der Waals surface area contributed by atoms with Gasteiger partial charge in [0.25, 0.3) is 0 Å². The number of nitrogens with one attached hydrogen (secondary N) is 1. The number of H-pyrrole nitrogens is 1. The summed E-state index contributed by atoms with van der Waals surface area (Å²) in [6.45, 7) is 8.15. The SMILES string of the molecule is CCC[N+]1(C)CC(C(=O)OC(C)C)C[C@H]2c3cccc4[nH]cc(c34)C[C@@H]21. The number of likely N-dealkylation sites (N-methyl/N-ethyl adjacent to an activating group) is 1. The van der Waals surface area contributed by atoms with Crippen LogP contribution in [0.2, 0.25) is 0 Å². The van der Waals surface area contributed by atoms with Gasteiger partial charge in [-0.2, -0.15) is 0 Å². The average Bonchev–Trinajstić information content (AvgIpc) is 3.00. The zero-order valence-electron chi connectivity index (χ0n) is 16.4. The molecule has 2 unspecified atom stereocenters. The van der Waals surface area contributed by atoms with Crippen molar-refractivity contribution < 1.29 is 14.0 Å². The minimum Gasteiger partial charge on any atom is -0.463 e. The molecule has 4 rings (SSSR count). The summed E-state index contributed by atoms with van der Waals surface area (Å²) in [6, 6.07) is 7.14. The molecule has 1 aliphatic carbocycles. The Morgan fingerprint density at radius 2 is 2.19 bits per heavy atom. The van der Waals surface area contributed by atoms with Crippen molar-refractivity contribution in [2.24, 2.45) is 5.92 Å². The second kappa shape index (κ2) is 6.41. The number of hydrogen-bond acceptors (Lipinski definition) is 2. The van der Waals surface area contributed by atoms with Crippen molar-refractivity contribution in [2.75, 3.05) is 20.1 Å². The molecule has 2 aliphatic rings. The summed E-state index contributed by atoms with van der Waals surface area (Å²) < 4.78 is 6.59. The van der Waals surface area contributed by atoms with E-state index in [0.717, 1.165) is 36.8 Å². The molecule has 0 saturated carbocycles. The highest BCUT2D eigenvalue weighted by Crippen LogP contribution is 2.47. The van der Waals surface area contributed by atoms with Crippen LogP contribution in [0, 0.1) is 5.92 Å². The molecule has 140 valence electrons. The molecule has 0 radical (unpaired) electrons. The molecule has 1 aromatic carbocycles. The molecular weight excluding hydrogens is 324 g/mol. The highest BCUT2D eigenvalue weighted by molar-refractivity contribution is 5.88. The molecule has 2 aromatic rings. The minimum absolute atomic E-state index is 0.00838. The van der Waals surface area contributed by atoms with Gasteiger partial charge in [0, 0.05) is 29.4 Å². The molecular formula is C22H31N2O2+. The van der Waals surface area contributed by atoms with E-state index in [0.29, 0.717) is 12.0 Å². The van der Waals surface area contributed by atoms with Crippen LogP contribution in [0.25, 0.3) is 10.9 Å². The van der Waals surface area contributed by atoms with Crippen LogP contribution in [0.15, 0.2) is 24.4 Å². The Labute approximate surface area is 156 Å². The summed E-state index contributed by atoms with van der Waals surface area (Å²) in [6.07, 6.45) is 5.30. The Hall–Kier alpha value is -1.81. The minimum atomic E-state index is -0.0452. The quantitative estimate of drug-likeness (QED) is 0.665. The number of aromatic nitrogens is 1. The standard InChI is InChI=1S/C22H31N2O2/c1-5-9-24(4)13-16(22(25)26-14(2)3)10-18-17-7-6-8-19-21(17)15(12-23-19)11-20(18)24/h6-8,12,14,16,18,20,23H,5,9-11,13H2,1-4H3/q+1/t16?,18-,20-,24?/m0/s1. The van der Waals surface area contributed by atoms with E-state index in [1.54, 1.807) is 0 Å². The number of carbonyl (C=O) groups excluding carboxylic acids is 1. The van der Waals surface area contributed by atoms with Crippen LogP contribution in [0.1, 0.15) is 50.7 Å². The number of likely N-dealkylation sites (tertiary alicyclic amines) is 1. The second-order valence-electron chi connectivity index (χ2n) is 8.77. The van der Waals surface area contributed by atoms with Crippen LogP contribution in [-0.2, 0) is 16.0 Å². The van der Waals surface area contributed by atoms with Crippen molar-refractivity contribution in [3.05, 3.63) is 35.5 Å². The van der Waals surface area contributed by atoms with Crippen molar-refractivity contribution in [2.45, 2.75) is 58.1 Å². The molecule has 4 nitrogen and oxygen atoms in total. The number of quaternary nitrogens is 1. The molecule has 26 heavy (non-hydrogen) atoms. The van der Waals surface area contributed by atoms with Gasteiger partial charge >= 0.3 is 5.97 Å². The third-order valence-electron chi connectivity index (χ3n) is 6.51. The topological polar surface area (TPSA) is 42.1 Å². The zero-order chi connectivity index (χ0) is 18.5. The maximum atomic E-state index is 12.8. The Morgan fingerprint density at radius 3 is 2.92 bits per heavy atom. The number of rotatable bonds is 4. The van der Waals surface area contributed by atoms with Gasteiger partial charge in [-0.3, -0.25) is 4.79 Å². The third-order valence-corrected chi connectivity index (χ3v) is 6.51. The number of carbonyl (C=O) groups is 1. The summed E-state index contributed by atoms with van der Waals surface area (Å²) in [5.41, 5.74) is 4.10. The van der Waals surface area contributed by atoms with Crippen LogP contribution >= 0.6 is 0 Å². The monoisotopic (exact) mass is 355 g/mol.